The van der Waals surface area contributed by atoms with Crippen molar-refractivity contribution in [3.8, 4) is 0 Å². The van der Waals surface area contributed by atoms with E-state index in [1.54, 1.807) is 20.8 Å². The minimum Gasteiger partial charge on any atom is -0.481 e. The van der Waals surface area contributed by atoms with Gasteiger partial charge in [0, 0.05) is 0 Å². The molecule has 0 aromatic rings. The molecule has 1 unspecified atom stereocenters. The molecule has 12 heavy (non-hydrogen) atoms. The van der Waals surface area contributed by atoms with Crippen molar-refractivity contribution in [1.29, 1.82) is 0 Å². The molecule has 0 bridgehead atoms. The number of hydrogen-bond acceptors (Lipinski definition) is 2. The van der Waals surface area contributed by atoms with E-state index in [2.05, 4.69) is 15.9 Å². The van der Waals surface area contributed by atoms with Crippen LogP contribution in [0.5, 0.6) is 0 Å². The van der Waals surface area contributed by atoms with Gasteiger partial charge in [-0.1, -0.05) is 36.7 Å². The zero-order valence-electron chi connectivity index (χ0n) is 7.43. The van der Waals surface area contributed by atoms with Gasteiger partial charge in [-0.2, -0.15) is 0 Å². The summed E-state index contributed by atoms with van der Waals surface area (Å²) in [6.07, 6.45) is 0. The molecule has 0 amide bonds. The molecule has 0 aliphatic carbocycles. The van der Waals surface area contributed by atoms with Gasteiger partial charge in [-0.3, -0.25) is 9.59 Å². The maximum Gasteiger partial charge on any atom is 0.314 e. The maximum absolute atomic E-state index is 11.2. The summed E-state index contributed by atoms with van der Waals surface area (Å²) in [5.41, 5.74) is -0.517. The van der Waals surface area contributed by atoms with E-state index in [1.807, 2.05) is 0 Å². The second kappa shape index (κ2) is 4.03. The Balaban J connectivity index is 4.68. The monoisotopic (exact) mass is 236 g/mol. The third-order valence-corrected chi connectivity index (χ3v) is 2.12. The molecule has 1 N–H and O–H groups in total. The molecule has 3 nitrogen and oxygen atoms in total. The van der Waals surface area contributed by atoms with Crippen LogP contribution in [-0.2, 0) is 9.59 Å². The van der Waals surface area contributed by atoms with Crippen molar-refractivity contribution >= 4 is 27.7 Å². The second-order valence-electron chi connectivity index (χ2n) is 3.74. The fraction of sp³-hybridized carbons (Fsp3) is 0.750. The van der Waals surface area contributed by atoms with Crippen molar-refractivity contribution in [2.45, 2.75) is 20.8 Å². The van der Waals surface area contributed by atoms with Crippen LogP contribution in [0.4, 0.5) is 0 Å². The highest BCUT2D eigenvalue weighted by Gasteiger charge is 2.36. The fourth-order valence-electron chi connectivity index (χ4n) is 1.07. The molecule has 0 aromatic heterocycles. The molecule has 0 radical (unpaired) electrons. The van der Waals surface area contributed by atoms with Crippen LogP contribution in [-0.4, -0.2) is 22.2 Å². The average molecular weight is 237 g/mol. The molecule has 0 spiro atoms. The van der Waals surface area contributed by atoms with E-state index in [1.165, 1.54) is 0 Å². The quantitative estimate of drug-likeness (QED) is 0.600. The van der Waals surface area contributed by atoms with Gasteiger partial charge in [0.1, 0.15) is 5.92 Å². The molecule has 4 heteroatoms. The van der Waals surface area contributed by atoms with E-state index in [4.69, 9.17) is 5.11 Å². The molecule has 0 saturated carbocycles. The molecule has 0 heterocycles. The molecule has 0 aliphatic heterocycles. The highest BCUT2D eigenvalue weighted by molar-refractivity contribution is 9.09. The first-order valence-electron chi connectivity index (χ1n) is 3.62. The van der Waals surface area contributed by atoms with Crippen molar-refractivity contribution in [3.63, 3.8) is 0 Å². The number of carboxylic acids is 1. The highest BCUT2D eigenvalue weighted by atomic mass is 79.9. The average Bonchev–Trinajstić information content (AvgIpc) is 1.83. The number of rotatable bonds is 3. The molecule has 0 aliphatic rings. The summed E-state index contributed by atoms with van der Waals surface area (Å²) in [5.74, 6) is -2.25. The van der Waals surface area contributed by atoms with Crippen LogP contribution in [0, 0.1) is 11.3 Å². The molecule has 1 atom stereocenters. The Morgan fingerprint density at radius 1 is 1.42 bits per heavy atom. The first-order valence-corrected chi connectivity index (χ1v) is 4.74. The van der Waals surface area contributed by atoms with Crippen LogP contribution >= 0.6 is 15.9 Å². The van der Waals surface area contributed by atoms with Gasteiger partial charge in [-0.25, -0.2) is 0 Å². The number of carbonyl (C=O) groups is 2. The summed E-state index contributed by atoms with van der Waals surface area (Å²) in [7, 11) is 0. The number of halogens is 1. The number of hydrogen-bond donors (Lipinski definition) is 1. The zero-order chi connectivity index (χ0) is 9.94. The number of aliphatic carboxylic acids is 1. The van der Waals surface area contributed by atoms with Gasteiger partial charge in [0.25, 0.3) is 0 Å². The Morgan fingerprint density at radius 2 is 1.83 bits per heavy atom. The molecule has 0 aromatic carbocycles. The lowest BCUT2D eigenvalue weighted by Crippen LogP contribution is -2.36. The SMILES string of the molecule is CC(C)(C)C(C(=O)O)C(=O)CBr. The third-order valence-electron chi connectivity index (χ3n) is 1.57. The van der Waals surface area contributed by atoms with Crippen LogP contribution in [0.2, 0.25) is 0 Å². The Bertz CT molecular complexity index is 193. The first-order chi connectivity index (χ1) is 5.30. The van der Waals surface area contributed by atoms with Crippen LogP contribution in [0.1, 0.15) is 20.8 Å². The molecule has 0 fully saturated rings. The van der Waals surface area contributed by atoms with Crippen LogP contribution in [0.3, 0.4) is 0 Å². The van der Waals surface area contributed by atoms with Crippen LogP contribution in [0.15, 0.2) is 0 Å². The van der Waals surface area contributed by atoms with Crippen molar-refractivity contribution in [2.75, 3.05) is 5.33 Å². The van der Waals surface area contributed by atoms with E-state index in [9.17, 15) is 9.59 Å². The lowest BCUT2D eigenvalue weighted by Gasteiger charge is -2.24. The summed E-state index contributed by atoms with van der Waals surface area (Å²) < 4.78 is 0. The Hall–Kier alpha value is -0.380. The number of carbonyl (C=O) groups excluding carboxylic acids is 1. The van der Waals surface area contributed by atoms with E-state index in [-0.39, 0.29) is 11.1 Å². The minimum absolute atomic E-state index is 0.0984. The Labute approximate surface area is 80.3 Å². The molecular weight excluding hydrogens is 224 g/mol. The lowest BCUT2D eigenvalue weighted by atomic mass is 9.78. The summed E-state index contributed by atoms with van der Waals surface area (Å²) in [4.78, 5) is 21.9. The summed E-state index contributed by atoms with van der Waals surface area (Å²) in [5, 5.41) is 8.87. The van der Waals surface area contributed by atoms with E-state index >= 15 is 0 Å². The standard InChI is InChI=1S/C8H13BrO3/c1-8(2,3)6(7(11)12)5(10)4-9/h6H,4H2,1-3H3,(H,11,12). The third kappa shape index (κ3) is 2.93. The highest BCUT2D eigenvalue weighted by Crippen LogP contribution is 2.27. The predicted molar refractivity (Wildman–Crippen MR) is 49.4 cm³/mol. The normalized spacial score (nSPS) is 14.0. The summed E-state index contributed by atoms with van der Waals surface area (Å²) in [6.45, 7) is 5.23. The first kappa shape index (κ1) is 11.6. The van der Waals surface area contributed by atoms with Gasteiger partial charge in [0.2, 0.25) is 0 Å². The maximum atomic E-state index is 11.2. The van der Waals surface area contributed by atoms with E-state index < -0.39 is 17.3 Å². The summed E-state index contributed by atoms with van der Waals surface area (Å²) in [6, 6.07) is 0. The van der Waals surface area contributed by atoms with Crippen molar-refractivity contribution < 1.29 is 14.7 Å². The van der Waals surface area contributed by atoms with E-state index in [0.717, 1.165) is 0 Å². The van der Waals surface area contributed by atoms with Crippen LogP contribution < -0.4 is 0 Å². The van der Waals surface area contributed by atoms with E-state index in [0.29, 0.717) is 0 Å². The molecule has 70 valence electrons. The zero-order valence-corrected chi connectivity index (χ0v) is 9.01. The van der Waals surface area contributed by atoms with Crippen molar-refractivity contribution in [1.82, 2.24) is 0 Å². The summed E-state index contributed by atoms with van der Waals surface area (Å²) >= 11 is 2.96. The molecular formula is C8H13BrO3. The molecule has 0 saturated heterocycles. The predicted octanol–water partition coefficient (Wildman–Crippen LogP) is 1.70. The second-order valence-corrected chi connectivity index (χ2v) is 4.30. The number of alkyl halides is 1. The number of Topliss-reactive ketones (excluding diaryl/α,β-unsaturated/α-hetero) is 1. The van der Waals surface area contributed by atoms with Gasteiger partial charge in [-0.05, 0) is 5.41 Å². The smallest absolute Gasteiger partial charge is 0.314 e. The Kier molecular flexibility index (Phi) is 3.90. The van der Waals surface area contributed by atoms with Gasteiger partial charge in [0.05, 0.1) is 5.33 Å². The van der Waals surface area contributed by atoms with Crippen molar-refractivity contribution in [2.24, 2.45) is 11.3 Å². The van der Waals surface area contributed by atoms with Gasteiger partial charge in [0.15, 0.2) is 5.78 Å². The van der Waals surface area contributed by atoms with Gasteiger partial charge < -0.3 is 5.11 Å². The van der Waals surface area contributed by atoms with Gasteiger partial charge >= 0.3 is 5.97 Å². The Morgan fingerprint density at radius 3 is 1.92 bits per heavy atom. The number of ketones is 1. The number of carboxylic acid groups (broad SMARTS) is 1. The minimum atomic E-state index is -1.05. The van der Waals surface area contributed by atoms with Gasteiger partial charge in [-0.15, -0.1) is 0 Å². The largest absolute Gasteiger partial charge is 0.481 e. The fourth-order valence-corrected chi connectivity index (χ4v) is 1.39. The topological polar surface area (TPSA) is 54.4 Å². The lowest BCUT2D eigenvalue weighted by molar-refractivity contribution is -0.149. The van der Waals surface area contributed by atoms with Crippen LogP contribution in [0.25, 0.3) is 0 Å². The molecule has 0 rings (SSSR count). The van der Waals surface area contributed by atoms with Crippen molar-refractivity contribution in [3.05, 3.63) is 0 Å².